The van der Waals surface area contributed by atoms with E-state index in [1.54, 1.807) is 0 Å². The fourth-order valence-electron chi connectivity index (χ4n) is 3.28. The van der Waals surface area contributed by atoms with Crippen LogP contribution in [0.2, 0.25) is 0 Å². The summed E-state index contributed by atoms with van der Waals surface area (Å²) in [5.41, 5.74) is 0. The summed E-state index contributed by atoms with van der Waals surface area (Å²) >= 11 is 4.03. The first kappa shape index (κ1) is 26.6. The maximum absolute atomic E-state index is 11.3. The van der Waals surface area contributed by atoms with E-state index < -0.39 is 0 Å². The van der Waals surface area contributed by atoms with E-state index in [4.69, 9.17) is 4.74 Å². The Bertz CT molecular complexity index is 328. The molecule has 0 radical (unpaired) electrons. The zero-order valence-corrected chi connectivity index (χ0v) is 19.0. The van der Waals surface area contributed by atoms with Crippen molar-refractivity contribution in [2.45, 2.75) is 122 Å². The molecular weight excluding hydrogens is 352 g/mol. The highest BCUT2D eigenvalue weighted by molar-refractivity contribution is 7.80. The van der Waals surface area contributed by atoms with Gasteiger partial charge in [-0.25, -0.2) is 0 Å². The van der Waals surface area contributed by atoms with E-state index in [2.05, 4.69) is 31.7 Å². The van der Waals surface area contributed by atoms with Gasteiger partial charge in [0.15, 0.2) is 0 Å². The molecule has 2 nitrogen and oxygen atoms in total. The Hall–Kier alpha value is -0.440. The van der Waals surface area contributed by atoms with Crippen molar-refractivity contribution in [2.24, 2.45) is 0 Å². The van der Waals surface area contributed by atoms with Gasteiger partial charge in [0.2, 0.25) is 0 Å². The minimum atomic E-state index is -0.0684. The summed E-state index contributed by atoms with van der Waals surface area (Å²) in [6.45, 7) is 2.72. The van der Waals surface area contributed by atoms with Crippen LogP contribution in [0.5, 0.6) is 0 Å². The van der Waals surface area contributed by atoms with Crippen molar-refractivity contribution in [2.75, 3.05) is 12.4 Å². The summed E-state index contributed by atoms with van der Waals surface area (Å²) < 4.78 is 5.01. The number of carbonyl (C=O) groups excluding carboxylic acids is 1. The molecule has 0 saturated heterocycles. The van der Waals surface area contributed by atoms with Crippen molar-refractivity contribution in [1.82, 2.24) is 0 Å². The molecule has 0 bridgehead atoms. The molecule has 0 amide bonds. The van der Waals surface area contributed by atoms with Gasteiger partial charge in [-0.3, -0.25) is 4.79 Å². The lowest BCUT2D eigenvalue weighted by atomic mass is 10.1. The third kappa shape index (κ3) is 23.5. The molecular formula is C24H46O2S. The van der Waals surface area contributed by atoms with Gasteiger partial charge in [-0.15, -0.1) is 0 Å². The van der Waals surface area contributed by atoms with Crippen LogP contribution >= 0.6 is 12.6 Å². The van der Waals surface area contributed by atoms with Crippen LogP contribution in [-0.2, 0) is 9.53 Å². The highest BCUT2D eigenvalue weighted by Crippen LogP contribution is 2.12. The van der Waals surface area contributed by atoms with Crippen molar-refractivity contribution in [3.63, 3.8) is 0 Å². The van der Waals surface area contributed by atoms with Crippen LogP contribution in [0.1, 0.15) is 122 Å². The quantitative estimate of drug-likeness (QED) is 0.0915. The monoisotopic (exact) mass is 398 g/mol. The molecule has 0 aromatic rings. The summed E-state index contributed by atoms with van der Waals surface area (Å²) in [6, 6.07) is 0. The van der Waals surface area contributed by atoms with Gasteiger partial charge >= 0.3 is 5.97 Å². The molecule has 0 N–H and O–H groups in total. The summed E-state index contributed by atoms with van der Waals surface area (Å²) in [5, 5.41) is 0. The van der Waals surface area contributed by atoms with Gasteiger partial charge < -0.3 is 4.74 Å². The maximum atomic E-state index is 11.3. The van der Waals surface area contributed by atoms with Crippen LogP contribution in [0.15, 0.2) is 12.2 Å². The molecule has 27 heavy (non-hydrogen) atoms. The summed E-state index contributed by atoms with van der Waals surface area (Å²) in [5.74, 6) is 0.542. The smallest absolute Gasteiger partial charge is 0.305 e. The van der Waals surface area contributed by atoms with Gasteiger partial charge in [-0.1, -0.05) is 96.1 Å². The van der Waals surface area contributed by atoms with Crippen LogP contribution in [0.3, 0.4) is 0 Å². The van der Waals surface area contributed by atoms with Gasteiger partial charge in [0, 0.05) is 12.2 Å². The topological polar surface area (TPSA) is 26.3 Å². The predicted molar refractivity (Wildman–Crippen MR) is 123 cm³/mol. The van der Waals surface area contributed by atoms with Gasteiger partial charge in [0.05, 0.1) is 0 Å². The van der Waals surface area contributed by atoms with E-state index in [-0.39, 0.29) is 5.97 Å². The second-order valence-corrected chi connectivity index (χ2v) is 8.14. The van der Waals surface area contributed by atoms with Crippen LogP contribution < -0.4 is 0 Å². The Morgan fingerprint density at radius 3 is 1.63 bits per heavy atom. The van der Waals surface area contributed by atoms with E-state index in [1.165, 1.54) is 96.3 Å². The molecule has 0 aliphatic heterocycles. The number of rotatable bonds is 21. The minimum absolute atomic E-state index is 0.0684. The molecule has 0 saturated carbocycles. The fraction of sp³-hybridized carbons (Fsp3) is 0.875. The van der Waals surface area contributed by atoms with Gasteiger partial charge in [0.1, 0.15) is 6.61 Å². The zero-order chi connectivity index (χ0) is 19.8. The molecule has 0 aromatic heterocycles. The maximum Gasteiger partial charge on any atom is 0.305 e. The number of esters is 1. The molecule has 0 aliphatic rings. The molecule has 0 fully saturated rings. The number of hydrogen-bond acceptors (Lipinski definition) is 3. The first-order valence-electron chi connectivity index (χ1n) is 11.7. The largest absolute Gasteiger partial charge is 0.465 e. The third-order valence-corrected chi connectivity index (χ3v) is 5.18. The third-order valence-electron chi connectivity index (χ3n) is 5.00. The first-order valence-corrected chi connectivity index (χ1v) is 12.4. The zero-order valence-electron chi connectivity index (χ0n) is 18.1. The summed E-state index contributed by atoms with van der Waals surface area (Å²) in [4.78, 5) is 11.3. The van der Waals surface area contributed by atoms with Gasteiger partial charge in [-0.05, 0) is 32.1 Å². The lowest BCUT2D eigenvalue weighted by Crippen LogP contribution is -2.06. The first-order chi connectivity index (χ1) is 13.3. The Kier molecular flexibility index (Phi) is 23.2. The number of carbonyl (C=O) groups is 1. The van der Waals surface area contributed by atoms with Crippen molar-refractivity contribution in [1.29, 1.82) is 0 Å². The predicted octanol–water partition coefficient (Wildman–Crippen LogP) is 8.06. The molecule has 160 valence electrons. The minimum Gasteiger partial charge on any atom is -0.465 e. The van der Waals surface area contributed by atoms with Crippen LogP contribution in [-0.4, -0.2) is 18.3 Å². The molecule has 0 unspecified atom stereocenters. The number of allylic oxidation sites excluding steroid dienone is 2. The Morgan fingerprint density at radius 2 is 1.15 bits per heavy atom. The van der Waals surface area contributed by atoms with E-state index >= 15 is 0 Å². The fourth-order valence-corrected chi connectivity index (χ4v) is 3.37. The number of ether oxygens (including phenoxy) is 1. The second-order valence-electron chi connectivity index (χ2n) is 7.69. The average Bonchev–Trinajstić information content (AvgIpc) is 2.68. The highest BCUT2D eigenvalue weighted by Gasteiger charge is 2.01. The number of unbranched alkanes of at least 4 members (excludes halogenated alkanes) is 15. The van der Waals surface area contributed by atoms with Crippen molar-refractivity contribution in [3.8, 4) is 0 Å². The number of hydrogen-bond donors (Lipinski definition) is 1. The highest BCUT2D eigenvalue weighted by atomic mass is 32.1. The average molecular weight is 399 g/mol. The normalized spacial score (nSPS) is 11.3. The molecule has 0 atom stereocenters. The van der Waals surface area contributed by atoms with Gasteiger partial charge in [-0.2, -0.15) is 12.6 Å². The standard InChI is InChI=1S/C24H46O2S/c1-2-3-4-5-6-7-8-9-10-11-12-13-14-15-16-17-18-19-20-21-24(25)26-22-23-27/h12-13,27H,2-11,14-23H2,1H3/b13-12+. The summed E-state index contributed by atoms with van der Waals surface area (Å²) in [6.07, 6.45) is 27.8. The molecule has 0 heterocycles. The van der Waals surface area contributed by atoms with E-state index in [9.17, 15) is 4.79 Å². The number of thiol groups is 1. The lowest BCUT2D eigenvalue weighted by molar-refractivity contribution is -0.143. The summed E-state index contributed by atoms with van der Waals surface area (Å²) in [7, 11) is 0. The van der Waals surface area contributed by atoms with Gasteiger partial charge in [0.25, 0.3) is 0 Å². The van der Waals surface area contributed by atoms with Crippen LogP contribution in [0, 0.1) is 0 Å². The Morgan fingerprint density at radius 1 is 0.704 bits per heavy atom. The molecule has 0 spiro atoms. The van der Waals surface area contributed by atoms with E-state index in [1.807, 2.05) is 0 Å². The molecule has 3 heteroatoms. The van der Waals surface area contributed by atoms with E-state index in [0.29, 0.717) is 18.8 Å². The Balaban J connectivity index is 3.13. The molecule has 0 aromatic carbocycles. The molecule has 0 aliphatic carbocycles. The van der Waals surface area contributed by atoms with Crippen LogP contribution in [0.4, 0.5) is 0 Å². The van der Waals surface area contributed by atoms with E-state index in [0.717, 1.165) is 12.8 Å². The van der Waals surface area contributed by atoms with Crippen molar-refractivity contribution in [3.05, 3.63) is 12.2 Å². The van der Waals surface area contributed by atoms with Crippen molar-refractivity contribution >= 4 is 18.6 Å². The van der Waals surface area contributed by atoms with Crippen LogP contribution in [0.25, 0.3) is 0 Å². The Labute approximate surface area is 175 Å². The SMILES string of the molecule is CCCCCCCCCCC/C=C/CCCCCCCCC(=O)OCCS. The van der Waals surface area contributed by atoms with Crippen molar-refractivity contribution < 1.29 is 9.53 Å². The second kappa shape index (κ2) is 23.6. The lowest BCUT2D eigenvalue weighted by Gasteiger charge is -2.03. The molecule has 0 rings (SSSR count).